The van der Waals surface area contributed by atoms with Crippen molar-refractivity contribution in [3.8, 4) is 11.4 Å². The largest absolute Gasteiger partial charge is 0.444 e. The van der Waals surface area contributed by atoms with Crippen molar-refractivity contribution in [1.29, 1.82) is 0 Å². The number of halogens is 5. The number of nitrogens with two attached hydrogens (primary N) is 1. The summed E-state index contributed by atoms with van der Waals surface area (Å²) in [6, 6.07) is 28.1. The summed E-state index contributed by atoms with van der Waals surface area (Å²) >= 11 is 0. The molecule has 81 heavy (non-hydrogen) atoms. The van der Waals surface area contributed by atoms with E-state index in [0.717, 1.165) is 39.5 Å². The molecule has 8 aromatic rings. The highest BCUT2D eigenvalue weighted by Gasteiger charge is 2.22. The second-order valence-corrected chi connectivity index (χ2v) is 18.7. The van der Waals surface area contributed by atoms with E-state index in [1.165, 1.54) is 55.4 Å². The fourth-order valence-electron chi connectivity index (χ4n) is 7.23. The minimum absolute atomic E-state index is 0. The molecule has 0 aliphatic carbocycles. The van der Waals surface area contributed by atoms with Gasteiger partial charge in [0.15, 0.2) is 11.6 Å². The van der Waals surface area contributed by atoms with Crippen molar-refractivity contribution >= 4 is 82.4 Å². The second kappa shape index (κ2) is 29.8. The third kappa shape index (κ3) is 18.8. The number of aliphatic imine (C=N–C) groups is 1. The number of aryl methyl sites for hydroxylation is 1. The van der Waals surface area contributed by atoms with Crippen LogP contribution in [0.4, 0.5) is 27.2 Å². The van der Waals surface area contributed by atoms with Crippen LogP contribution in [-0.2, 0) is 34.5 Å². The molecule has 20 nitrogen and oxygen atoms in total. The number of H-pyrrole nitrogens is 2. The van der Waals surface area contributed by atoms with Gasteiger partial charge in [-0.3, -0.25) is 35.1 Å². The second-order valence-electron chi connectivity index (χ2n) is 18.7. The van der Waals surface area contributed by atoms with E-state index in [-0.39, 0.29) is 54.4 Å². The average Bonchev–Trinajstić information content (AvgIpc) is 4.36. The first-order chi connectivity index (χ1) is 38.2. The average molecular weight is 1140 g/mol. The zero-order chi connectivity index (χ0) is 57.9. The van der Waals surface area contributed by atoms with E-state index in [4.69, 9.17) is 15.3 Å². The predicted octanol–water partition coefficient (Wildman–Crippen LogP) is 8.54. The van der Waals surface area contributed by atoms with Crippen molar-refractivity contribution in [3.63, 3.8) is 0 Å². The van der Waals surface area contributed by atoms with Crippen LogP contribution in [0.1, 0.15) is 60.2 Å². The number of fused-ring (bicyclic) bond motifs is 2. The smallest absolute Gasteiger partial charge is 0.421 e. The summed E-state index contributed by atoms with van der Waals surface area (Å²) in [5.74, 6) is 5.27. The highest BCUT2D eigenvalue weighted by molar-refractivity contribution is 6.04. The van der Waals surface area contributed by atoms with Gasteiger partial charge in [0.1, 0.15) is 53.4 Å². The van der Waals surface area contributed by atoms with Crippen molar-refractivity contribution in [2.75, 3.05) is 47.8 Å². The van der Waals surface area contributed by atoms with Crippen molar-refractivity contribution in [2.24, 2.45) is 17.9 Å². The molecule has 8 N–H and O–H groups in total. The summed E-state index contributed by atoms with van der Waals surface area (Å²) in [7, 11) is 8.13. The number of likely N-dealkylation sites (N-methyl/N-ethyl adjacent to an activating group) is 2. The lowest BCUT2D eigenvalue weighted by atomic mass is 10.1. The SMILES string of the molecule is CN(N)C(=O)CN(C)C(=O)OC(C)(C)C.CNCc1nc(-c2cc(F)c3n[nH]c(/C=C/c4ccc(F)cc4)c3c2)nn1C.CNNC(=O)OCc1ccccc1.Cl.Fc1ccc(/C=C/c2n[nH]c3cc(F)c(C4=NCCN4)cc23)cc1. The van der Waals surface area contributed by atoms with Crippen LogP contribution in [0.5, 0.6) is 0 Å². The number of benzene rings is 5. The number of hydrogen-bond donors (Lipinski definition) is 7. The number of hydrazine groups is 2. The molecule has 0 fully saturated rings. The lowest BCUT2D eigenvalue weighted by molar-refractivity contribution is -0.131. The summed E-state index contributed by atoms with van der Waals surface area (Å²) in [4.78, 5) is 43.3. The van der Waals surface area contributed by atoms with Crippen molar-refractivity contribution in [1.82, 2.24) is 66.6 Å². The van der Waals surface area contributed by atoms with Gasteiger partial charge in [0.2, 0.25) is 0 Å². The lowest BCUT2D eigenvalue weighted by Gasteiger charge is -2.24. The van der Waals surface area contributed by atoms with Gasteiger partial charge in [-0.1, -0.05) is 66.7 Å². The Balaban J connectivity index is 0.000000207. The van der Waals surface area contributed by atoms with Crippen LogP contribution in [0.25, 0.3) is 57.5 Å². The zero-order valence-electron chi connectivity index (χ0n) is 45.8. The molecule has 4 heterocycles. The molecule has 25 heteroatoms. The van der Waals surface area contributed by atoms with Crippen LogP contribution >= 0.6 is 12.4 Å². The predicted molar refractivity (Wildman–Crippen MR) is 307 cm³/mol. The van der Waals surface area contributed by atoms with Gasteiger partial charge in [-0.25, -0.2) is 43.4 Å². The molecule has 428 valence electrons. The van der Waals surface area contributed by atoms with Gasteiger partial charge in [0, 0.05) is 57.1 Å². The standard InChI is InChI=1S/C20H18F2N6.C18H14F2N4.C9H19N3O3.C9H12N2O2.ClH/c1-23-11-18-24-20(27-28(18)2)13-9-15-17(25-26-19(15)16(22)10-13)8-5-12-3-6-14(21)7-4-12;19-12-4-1-11(2-5-12)3-6-16-14-9-13(18-21-7-8-22-18)15(20)10-17(14)24-23-16;1-9(2,3)15-8(14)11(4)6-7(13)12(5)10;1-10-11-9(12)13-7-8-5-3-2-4-6-8;/h3-10,23H,11H2,1-2H3,(H,25,26);1-6,9-10H,7-8H2,(H,21,22)(H,23,24);6,10H2,1-5H3;2-6,10H,7H2,1H3,(H,11,12);1H/b8-5+;6-3+;;;. The fraction of sp³-hybridized carbons (Fsp3) is 0.250. The molecule has 1 aliphatic rings. The van der Waals surface area contributed by atoms with Gasteiger partial charge in [0.05, 0.1) is 35.6 Å². The molecule has 3 amide bonds. The van der Waals surface area contributed by atoms with E-state index in [0.29, 0.717) is 58.2 Å². The topological polar surface area (TPSA) is 251 Å². The van der Waals surface area contributed by atoms with E-state index in [2.05, 4.69) is 57.0 Å². The van der Waals surface area contributed by atoms with E-state index >= 15 is 0 Å². The summed E-state index contributed by atoms with van der Waals surface area (Å²) < 4.78 is 66.4. The number of carbonyl (C=O) groups excluding carboxylic acids is 3. The molecule has 0 bridgehead atoms. The molecular weight excluding hydrogens is 1070 g/mol. The fourth-order valence-corrected chi connectivity index (χ4v) is 7.23. The van der Waals surface area contributed by atoms with Crippen LogP contribution < -0.4 is 27.3 Å². The molecule has 0 spiro atoms. The Bertz CT molecular complexity index is 3450. The molecular formula is C56H64ClF4N15O5. The van der Waals surface area contributed by atoms with Crippen LogP contribution in [-0.4, -0.2) is 122 Å². The first kappa shape index (κ1) is 62.9. The Kier molecular flexibility index (Phi) is 23.2. The quantitative estimate of drug-likeness (QED) is 0.0248. The van der Waals surface area contributed by atoms with Gasteiger partial charge in [-0.05, 0) is 99.1 Å². The first-order valence-corrected chi connectivity index (χ1v) is 24.9. The highest BCUT2D eigenvalue weighted by atomic mass is 35.5. The maximum atomic E-state index is 14.6. The van der Waals surface area contributed by atoms with E-state index < -0.39 is 23.6 Å². The molecule has 0 atom stereocenters. The number of rotatable bonds is 13. The number of hydrogen-bond acceptors (Lipinski definition) is 14. The number of amidine groups is 1. The van der Waals surface area contributed by atoms with Gasteiger partial charge < -0.3 is 25.0 Å². The van der Waals surface area contributed by atoms with Gasteiger partial charge >= 0.3 is 12.2 Å². The molecule has 1 aliphatic heterocycles. The van der Waals surface area contributed by atoms with Crippen LogP contribution in [0, 0.1) is 23.3 Å². The van der Waals surface area contributed by atoms with Crippen molar-refractivity contribution in [3.05, 3.63) is 166 Å². The number of nitrogens with one attached hydrogen (secondary N) is 6. The summed E-state index contributed by atoms with van der Waals surface area (Å²) in [5.41, 5.74) is 10.1. The highest BCUT2D eigenvalue weighted by Crippen LogP contribution is 2.28. The Morgan fingerprint density at radius 1 is 0.815 bits per heavy atom. The molecule has 3 aromatic heterocycles. The van der Waals surface area contributed by atoms with Crippen LogP contribution in [0.3, 0.4) is 0 Å². The Labute approximate surface area is 471 Å². The van der Waals surface area contributed by atoms with E-state index in [9.17, 15) is 31.9 Å². The third-order valence-corrected chi connectivity index (χ3v) is 11.2. The molecule has 9 rings (SSSR count). The van der Waals surface area contributed by atoms with Crippen molar-refractivity contribution in [2.45, 2.75) is 39.5 Å². The van der Waals surface area contributed by atoms with Crippen LogP contribution in [0.2, 0.25) is 0 Å². The minimum atomic E-state index is -0.566. The van der Waals surface area contributed by atoms with Crippen LogP contribution in [0.15, 0.2) is 108 Å². The van der Waals surface area contributed by atoms with Gasteiger partial charge in [-0.15, -0.1) is 12.4 Å². The number of aromatic amines is 2. The normalized spacial score (nSPS) is 11.8. The summed E-state index contributed by atoms with van der Waals surface area (Å²) in [5, 5.41) is 26.8. The Morgan fingerprint density at radius 2 is 1.47 bits per heavy atom. The summed E-state index contributed by atoms with van der Waals surface area (Å²) in [6.07, 6.45) is 6.22. The maximum Gasteiger partial charge on any atom is 0.421 e. The number of amides is 3. The zero-order valence-corrected chi connectivity index (χ0v) is 46.6. The van der Waals surface area contributed by atoms with Crippen molar-refractivity contribution < 1.29 is 41.4 Å². The summed E-state index contributed by atoms with van der Waals surface area (Å²) in [6.45, 7) is 7.40. The molecule has 5 aromatic carbocycles. The Hall–Kier alpha value is -8.97. The third-order valence-electron chi connectivity index (χ3n) is 11.2. The number of nitrogens with zero attached hydrogens (tertiary/aromatic N) is 8. The van der Waals surface area contributed by atoms with E-state index in [1.807, 2.05) is 55.6 Å². The molecule has 0 radical (unpaired) electrons. The van der Waals surface area contributed by atoms with E-state index in [1.54, 1.807) is 82.0 Å². The maximum absolute atomic E-state index is 14.6. The minimum Gasteiger partial charge on any atom is -0.444 e. The number of aromatic nitrogens is 7. The monoisotopic (exact) mass is 1140 g/mol. The number of carbonyl (C=O) groups is 3. The van der Waals surface area contributed by atoms with Gasteiger partial charge in [-0.2, -0.15) is 15.3 Å². The molecule has 0 saturated heterocycles. The Morgan fingerprint density at radius 3 is 2.06 bits per heavy atom. The number of ether oxygens (including phenoxy) is 2. The molecule has 0 unspecified atom stereocenters. The van der Waals surface area contributed by atoms with Gasteiger partial charge in [0.25, 0.3) is 5.91 Å². The molecule has 0 saturated carbocycles. The first-order valence-electron chi connectivity index (χ1n) is 24.9. The lowest BCUT2D eigenvalue weighted by Crippen LogP contribution is -2.43.